The first kappa shape index (κ1) is 19.1. The van der Waals surface area contributed by atoms with Gasteiger partial charge in [-0.15, -0.1) is 11.3 Å². The van der Waals surface area contributed by atoms with Crippen LogP contribution in [0.15, 0.2) is 34.5 Å². The number of carbonyl (C=O) groups is 1. The number of rotatable bonds is 4. The van der Waals surface area contributed by atoms with E-state index >= 15 is 0 Å². The first-order valence-electron chi connectivity index (χ1n) is 8.62. The number of nitrogens with zero attached hydrogens (tertiary/aromatic N) is 1. The molecule has 1 aromatic heterocycles. The minimum atomic E-state index is -3.55. The fraction of sp³-hybridized carbons (Fsp3) is 0.421. The zero-order chi connectivity index (χ0) is 18.9. The minimum absolute atomic E-state index is 0.170. The highest BCUT2D eigenvalue weighted by atomic mass is 32.2. The van der Waals surface area contributed by atoms with Crippen LogP contribution >= 0.6 is 11.3 Å². The highest BCUT2D eigenvalue weighted by Gasteiger charge is 2.34. The van der Waals surface area contributed by atoms with Crippen molar-refractivity contribution in [2.75, 3.05) is 13.1 Å². The van der Waals surface area contributed by atoms with Crippen molar-refractivity contribution >= 4 is 27.3 Å². The fourth-order valence-corrected chi connectivity index (χ4v) is 6.18. The van der Waals surface area contributed by atoms with Gasteiger partial charge in [0, 0.05) is 18.0 Å². The van der Waals surface area contributed by atoms with Crippen molar-refractivity contribution in [3.05, 3.63) is 46.3 Å². The van der Waals surface area contributed by atoms with Crippen LogP contribution in [-0.4, -0.2) is 31.8 Å². The molecule has 0 spiro atoms. The summed E-state index contributed by atoms with van der Waals surface area (Å²) in [5.41, 5.74) is 2.04. The van der Waals surface area contributed by atoms with E-state index in [2.05, 4.69) is 0 Å². The number of piperidine rings is 1. The van der Waals surface area contributed by atoms with Gasteiger partial charge >= 0.3 is 5.97 Å². The van der Waals surface area contributed by atoms with E-state index in [9.17, 15) is 13.2 Å². The number of carbonyl (C=O) groups excluding carboxylic acids is 1. The van der Waals surface area contributed by atoms with Crippen molar-refractivity contribution in [3.8, 4) is 5.75 Å². The van der Waals surface area contributed by atoms with Gasteiger partial charge < -0.3 is 4.74 Å². The molecule has 0 aliphatic carbocycles. The second-order valence-electron chi connectivity index (χ2n) is 6.81. The molecule has 2 heterocycles. The summed E-state index contributed by atoms with van der Waals surface area (Å²) in [4.78, 5) is 13.5. The lowest BCUT2D eigenvalue weighted by molar-refractivity contribution is -0.140. The molecule has 1 aliphatic rings. The maximum atomic E-state index is 12.8. The van der Waals surface area contributed by atoms with Gasteiger partial charge in [0.1, 0.15) is 9.96 Å². The highest BCUT2D eigenvalue weighted by molar-refractivity contribution is 7.91. The first-order valence-corrected chi connectivity index (χ1v) is 10.9. The van der Waals surface area contributed by atoms with Crippen LogP contribution in [0.4, 0.5) is 0 Å². The van der Waals surface area contributed by atoms with Crippen molar-refractivity contribution in [1.29, 1.82) is 0 Å². The van der Waals surface area contributed by atoms with E-state index in [0.29, 0.717) is 29.3 Å². The van der Waals surface area contributed by atoms with E-state index < -0.39 is 15.9 Å². The van der Waals surface area contributed by atoms with Crippen molar-refractivity contribution < 1.29 is 17.9 Å². The lowest BCUT2D eigenvalue weighted by Gasteiger charge is -2.30. The normalized spacial score (nSPS) is 18.7. The lowest BCUT2D eigenvalue weighted by Crippen LogP contribution is -2.43. The fourth-order valence-electron chi connectivity index (χ4n) is 3.22. The van der Waals surface area contributed by atoms with Crippen LogP contribution in [0.25, 0.3) is 0 Å². The molecule has 140 valence electrons. The quantitative estimate of drug-likeness (QED) is 0.587. The van der Waals surface area contributed by atoms with Crippen molar-refractivity contribution in [3.63, 3.8) is 0 Å². The third-order valence-electron chi connectivity index (χ3n) is 4.44. The van der Waals surface area contributed by atoms with Crippen LogP contribution < -0.4 is 4.74 Å². The zero-order valence-corrected chi connectivity index (χ0v) is 16.8. The predicted octanol–water partition coefficient (Wildman–Crippen LogP) is 3.68. The summed E-state index contributed by atoms with van der Waals surface area (Å²) in [6, 6.07) is 9.07. The summed E-state index contributed by atoms with van der Waals surface area (Å²) in [5, 5.41) is 0. The molecule has 1 saturated heterocycles. The molecule has 1 aromatic carbocycles. The molecular weight excluding hydrogens is 370 g/mol. The minimum Gasteiger partial charge on any atom is -0.426 e. The topological polar surface area (TPSA) is 63.7 Å². The standard InChI is InChI=1S/C19H23NO4S2/c1-13-9-14(2)11-17(10-13)24-19(21)16-5-4-8-20(12-16)26(22,23)18-7-6-15(3)25-18/h6-7,9-11,16H,4-5,8,12H2,1-3H3. The van der Waals surface area contributed by atoms with Gasteiger partial charge in [0.25, 0.3) is 10.0 Å². The summed E-state index contributed by atoms with van der Waals surface area (Å²) >= 11 is 1.26. The molecule has 2 aromatic rings. The molecule has 1 atom stereocenters. The van der Waals surface area contributed by atoms with Gasteiger partial charge in [0.15, 0.2) is 0 Å². The van der Waals surface area contributed by atoms with Crippen LogP contribution in [0, 0.1) is 26.7 Å². The van der Waals surface area contributed by atoms with E-state index in [1.54, 1.807) is 12.1 Å². The van der Waals surface area contributed by atoms with Crippen LogP contribution in [0.2, 0.25) is 0 Å². The molecule has 1 unspecified atom stereocenters. The van der Waals surface area contributed by atoms with Crippen molar-refractivity contribution in [2.24, 2.45) is 5.92 Å². The third kappa shape index (κ3) is 4.16. The van der Waals surface area contributed by atoms with Crippen LogP contribution in [-0.2, 0) is 14.8 Å². The summed E-state index contributed by atoms with van der Waals surface area (Å²) in [7, 11) is -3.55. The zero-order valence-electron chi connectivity index (χ0n) is 15.2. The van der Waals surface area contributed by atoms with E-state index in [1.165, 1.54) is 15.6 Å². The molecule has 1 fully saturated rings. The number of hydrogen-bond donors (Lipinski definition) is 0. The molecule has 26 heavy (non-hydrogen) atoms. The van der Waals surface area contributed by atoms with E-state index in [1.807, 2.05) is 39.0 Å². The Labute approximate surface area is 158 Å². The number of hydrogen-bond acceptors (Lipinski definition) is 5. The molecule has 0 radical (unpaired) electrons. The number of benzene rings is 1. The molecule has 0 N–H and O–H groups in total. The van der Waals surface area contributed by atoms with E-state index in [4.69, 9.17) is 4.74 Å². The monoisotopic (exact) mass is 393 g/mol. The second-order valence-corrected chi connectivity index (χ2v) is 10.3. The lowest BCUT2D eigenvalue weighted by atomic mass is 10.00. The van der Waals surface area contributed by atoms with Crippen LogP contribution in [0.5, 0.6) is 5.75 Å². The predicted molar refractivity (Wildman–Crippen MR) is 102 cm³/mol. The van der Waals surface area contributed by atoms with Crippen LogP contribution in [0.1, 0.15) is 28.8 Å². The van der Waals surface area contributed by atoms with Gasteiger partial charge in [0.05, 0.1) is 5.92 Å². The Balaban J connectivity index is 1.72. The molecule has 7 heteroatoms. The number of esters is 1. The summed E-state index contributed by atoms with van der Waals surface area (Å²) in [5.74, 6) is -0.293. The van der Waals surface area contributed by atoms with Gasteiger partial charge in [-0.3, -0.25) is 4.79 Å². The molecular formula is C19H23NO4S2. The Morgan fingerprint density at radius 2 is 1.85 bits per heavy atom. The Kier molecular flexibility index (Phi) is 5.50. The Bertz CT molecular complexity index is 897. The Hall–Kier alpha value is -1.70. The van der Waals surface area contributed by atoms with E-state index in [0.717, 1.165) is 16.0 Å². The Morgan fingerprint density at radius 3 is 2.46 bits per heavy atom. The second kappa shape index (κ2) is 7.50. The van der Waals surface area contributed by atoms with E-state index in [-0.39, 0.29) is 12.5 Å². The molecule has 5 nitrogen and oxygen atoms in total. The molecule has 3 rings (SSSR count). The maximum Gasteiger partial charge on any atom is 0.315 e. The number of sulfonamides is 1. The molecule has 0 bridgehead atoms. The molecule has 0 saturated carbocycles. The number of ether oxygens (including phenoxy) is 1. The first-order chi connectivity index (χ1) is 12.3. The summed E-state index contributed by atoms with van der Waals surface area (Å²) in [6.45, 7) is 6.38. The molecule has 1 aliphatic heterocycles. The Morgan fingerprint density at radius 1 is 1.15 bits per heavy atom. The van der Waals surface area contributed by atoms with Crippen molar-refractivity contribution in [1.82, 2.24) is 4.31 Å². The largest absolute Gasteiger partial charge is 0.426 e. The van der Waals surface area contributed by atoms with Gasteiger partial charge in [-0.25, -0.2) is 8.42 Å². The average molecular weight is 394 g/mol. The SMILES string of the molecule is Cc1cc(C)cc(OC(=O)C2CCCN(S(=O)(=O)c3ccc(C)s3)C2)c1. The third-order valence-corrected chi connectivity index (χ3v) is 7.77. The summed E-state index contributed by atoms with van der Waals surface area (Å²) in [6.07, 6.45) is 1.29. The van der Waals surface area contributed by atoms with Gasteiger partial charge in [0.2, 0.25) is 0 Å². The highest BCUT2D eigenvalue weighted by Crippen LogP contribution is 2.29. The van der Waals surface area contributed by atoms with Crippen molar-refractivity contribution in [2.45, 2.75) is 37.8 Å². The number of thiophene rings is 1. The number of aryl methyl sites for hydroxylation is 3. The molecule has 0 amide bonds. The van der Waals surface area contributed by atoms with Crippen LogP contribution in [0.3, 0.4) is 0 Å². The van der Waals surface area contributed by atoms with Gasteiger partial charge in [-0.2, -0.15) is 4.31 Å². The average Bonchev–Trinajstić information content (AvgIpc) is 3.01. The maximum absolute atomic E-state index is 12.8. The van der Waals surface area contributed by atoms with Gasteiger partial charge in [-0.05, 0) is 69.0 Å². The summed E-state index contributed by atoms with van der Waals surface area (Å²) < 4.78 is 32.9. The van der Waals surface area contributed by atoms with Gasteiger partial charge in [-0.1, -0.05) is 6.07 Å². The smallest absolute Gasteiger partial charge is 0.315 e.